The number of nitrogens with one attached hydrogen (secondary N) is 1. The van der Waals surface area contributed by atoms with Gasteiger partial charge in [-0.25, -0.2) is 4.98 Å². The fourth-order valence-corrected chi connectivity index (χ4v) is 3.91. The molecule has 1 N–H and O–H groups in total. The molecule has 5 heteroatoms. The van der Waals surface area contributed by atoms with Crippen molar-refractivity contribution in [1.82, 2.24) is 4.98 Å². The highest BCUT2D eigenvalue weighted by Crippen LogP contribution is 2.49. The normalized spacial score (nSPS) is 27.1. The van der Waals surface area contributed by atoms with E-state index >= 15 is 0 Å². The van der Waals surface area contributed by atoms with Gasteiger partial charge in [0.15, 0.2) is 11.7 Å². The van der Waals surface area contributed by atoms with Gasteiger partial charge in [0.05, 0.1) is 6.07 Å². The maximum atomic E-state index is 12.3. The number of pyridine rings is 1. The van der Waals surface area contributed by atoms with E-state index in [0.29, 0.717) is 24.1 Å². The number of nitriles is 1. The lowest BCUT2D eigenvalue weighted by molar-refractivity contribution is -0.129. The van der Waals surface area contributed by atoms with E-state index in [-0.39, 0.29) is 5.78 Å². The minimum absolute atomic E-state index is 0.256. The van der Waals surface area contributed by atoms with Crippen molar-refractivity contribution in [2.75, 3.05) is 5.32 Å². The summed E-state index contributed by atoms with van der Waals surface area (Å²) >= 11 is 0. The van der Waals surface area contributed by atoms with Crippen LogP contribution in [0.15, 0.2) is 24.4 Å². The van der Waals surface area contributed by atoms with Crippen molar-refractivity contribution in [2.45, 2.75) is 32.1 Å². The fourth-order valence-electron chi connectivity index (χ4n) is 3.91. The Kier molecular flexibility index (Phi) is 4.19. The highest BCUT2D eigenvalue weighted by Gasteiger charge is 2.41. The first kappa shape index (κ1) is 14.7. The number of Topliss-reactive ketones (excluding diaryl/α,β-unsaturated/α-hetero) is 1. The number of anilines is 1. The van der Waals surface area contributed by atoms with Gasteiger partial charge in [-0.15, -0.1) is 0 Å². The van der Waals surface area contributed by atoms with Crippen LogP contribution in [0.2, 0.25) is 0 Å². The van der Waals surface area contributed by atoms with Crippen LogP contribution in [-0.4, -0.2) is 16.7 Å². The Morgan fingerprint density at radius 3 is 2.82 bits per heavy atom. The molecule has 1 aromatic rings. The maximum Gasteiger partial charge on any atom is 0.250 e. The van der Waals surface area contributed by atoms with Crippen LogP contribution in [0.4, 0.5) is 5.82 Å². The number of nitrogens with zero attached hydrogens (tertiary/aromatic N) is 2. The molecule has 22 heavy (non-hydrogen) atoms. The van der Waals surface area contributed by atoms with Gasteiger partial charge in [-0.3, -0.25) is 9.59 Å². The maximum absolute atomic E-state index is 12.3. The van der Waals surface area contributed by atoms with Crippen LogP contribution in [0.25, 0.3) is 0 Å². The quantitative estimate of drug-likeness (QED) is 0.847. The van der Waals surface area contributed by atoms with Crippen LogP contribution in [0.1, 0.15) is 32.1 Å². The molecule has 0 spiro atoms. The van der Waals surface area contributed by atoms with Crippen molar-refractivity contribution in [3.8, 4) is 6.07 Å². The summed E-state index contributed by atoms with van der Waals surface area (Å²) in [4.78, 5) is 28.4. The van der Waals surface area contributed by atoms with Crippen molar-refractivity contribution in [3.63, 3.8) is 0 Å². The first-order valence-corrected chi connectivity index (χ1v) is 7.81. The van der Waals surface area contributed by atoms with E-state index in [1.807, 2.05) is 6.07 Å². The Hall–Kier alpha value is -2.22. The fraction of sp³-hybridized carbons (Fsp3) is 0.529. The van der Waals surface area contributed by atoms with Crippen molar-refractivity contribution >= 4 is 17.5 Å². The van der Waals surface area contributed by atoms with E-state index in [0.717, 1.165) is 12.3 Å². The molecular formula is C17H19N3O2. The van der Waals surface area contributed by atoms with Gasteiger partial charge in [0.2, 0.25) is 0 Å². The molecule has 0 aliphatic heterocycles. The third-order valence-electron chi connectivity index (χ3n) is 4.98. The van der Waals surface area contributed by atoms with Crippen molar-refractivity contribution < 1.29 is 9.59 Å². The number of fused-ring (bicyclic) bond motifs is 2. The molecule has 2 fully saturated rings. The molecular weight excluding hydrogens is 278 g/mol. The lowest BCUT2D eigenvalue weighted by atomic mass is 9.83. The average molecular weight is 297 g/mol. The first-order valence-electron chi connectivity index (χ1n) is 7.81. The van der Waals surface area contributed by atoms with Crippen LogP contribution in [-0.2, 0) is 9.59 Å². The van der Waals surface area contributed by atoms with Gasteiger partial charge in [-0.05, 0) is 49.1 Å². The van der Waals surface area contributed by atoms with Gasteiger partial charge in [0, 0.05) is 12.6 Å². The van der Waals surface area contributed by atoms with Gasteiger partial charge in [-0.1, -0.05) is 12.5 Å². The highest BCUT2D eigenvalue weighted by molar-refractivity contribution is 6.09. The zero-order valence-corrected chi connectivity index (χ0v) is 12.4. The second-order valence-corrected chi connectivity index (χ2v) is 6.37. The van der Waals surface area contributed by atoms with Gasteiger partial charge in [0.1, 0.15) is 5.82 Å². The summed E-state index contributed by atoms with van der Waals surface area (Å²) < 4.78 is 0. The zero-order valence-electron chi connectivity index (χ0n) is 12.4. The Labute approximate surface area is 129 Å². The first-order chi connectivity index (χ1) is 10.7. The van der Waals surface area contributed by atoms with E-state index in [2.05, 4.69) is 10.3 Å². The van der Waals surface area contributed by atoms with Crippen LogP contribution >= 0.6 is 0 Å². The molecule has 3 rings (SSSR count). The minimum Gasteiger partial charge on any atom is -0.309 e. The standard InChI is InChI=1S/C17H19N3O2/c18-10-14(17(22)20-16-3-1-2-6-19-16)15(21)9-13-8-11-4-5-12(13)7-11/h1-3,6,11-14H,4-5,7-9H2,(H,19,20,22)/t11-,12-,13-,14-/m0/s1. The molecule has 1 amide bonds. The number of amides is 1. The Morgan fingerprint density at radius 1 is 1.36 bits per heavy atom. The topological polar surface area (TPSA) is 82.8 Å². The molecule has 5 nitrogen and oxygen atoms in total. The molecule has 2 saturated carbocycles. The minimum atomic E-state index is -1.24. The monoisotopic (exact) mass is 297 g/mol. The molecule has 2 aliphatic rings. The van der Waals surface area contributed by atoms with Crippen LogP contribution < -0.4 is 5.32 Å². The van der Waals surface area contributed by atoms with Gasteiger partial charge < -0.3 is 5.32 Å². The van der Waals surface area contributed by atoms with Crippen molar-refractivity contribution in [3.05, 3.63) is 24.4 Å². The molecule has 1 heterocycles. The smallest absolute Gasteiger partial charge is 0.250 e. The number of hydrogen-bond donors (Lipinski definition) is 1. The summed E-state index contributed by atoms with van der Waals surface area (Å²) in [5, 5.41) is 11.7. The van der Waals surface area contributed by atoms with E-state index in [9.17, 15) is 14.9 Å². The van der Waals surface area contributed by atoms with Crippen LogP contribution in [0.3, 0.4) is 0 Å². The number of rotatable bonds is 5. The van der Waals surface area contributed by atoms with E-state index < -0.39 is 11.8 Å². The van der Waals surface area contributed by atoms with E-state index in [1.165, 1.54) is 19.3 Å². The lowest BCUT2D eigenvalue weighted by Gasteiger charge is -2.21. The van der Waals surface area contributed by atoms with Crippen LogP contribution in [0.5, 0.6) is 0 Å². The predicted octanol–water partition coefficient (Wildman–Crippen LogP) is 2.56. The Bertz CT molecular complexity index is 608. The summed E-state index contributed by atoms with van der Waals surface area (Å²) in [6.07, 6.45) is 6.67. The molecule has 0 unspecified atom stereocenters. The molecule has 114 valence electrons. The molecule has 2 aliphatic carbocycles. The third-order valence-corrected chi connectivity index (χ3v) is 4.98. The second kappa shape index (κ2) is 6.27. The van der Waals surface area contributed by atoms with Gasteiger partial charge >= 0.3 is 0 Å². The SMILES string of the molecule is N#C[C@@H](C(=O)C[C@@H]1C[C@H]2CC[C@H]1C2)C(=O)Nc1ccccn1. The van der Waals surface area contributed by atoms with Crippen molar-refractivity contribution in [2.24, 2.45) is 23.7 Å². The molecule has 0 aromatic carbocycles. The third kappa shape index (κ3) is 3.01. The molecule has 0 saturated heterocycles. The predicted molar refractivity (Wildman–Crippen MR) is 80.5 cm³/mol. The van der Waals surface area contributed by atoms with Gasteiger partial charge in [0.25, 0.3) is 5.91 Å². The van der Waals surface area contributed by atoms with Crippen molar-refractivity contribution in [1.29, 1.82) is 5.26 Å². The lowest BCUT2D eigenvalue weighted by Crippen LogP contribution is -2.30. The van der Waals surface area contributed by atoms with Gasteiger partial charge in [-0.2, -0.15) is 5.26 Å². The Balaban J connectivity index is 1.59. The summed E-state index contributed by atoms with van der Waals surface area (Å²) in [5.74, 6) is 0.0343. The zero-order chi connectivity index (χ0) is 15.5. The number of aromatic nitrogens is 1. The molecule has 0 radical (unpaired) electrons. The number of hydrogen-bond acceptors (Lipinski definition) is 4. The summed E-state index contributed by atoms with van der Waals surface area (Å²) in [6.45, 7) is 0. The molecule has 1 aromatic heterocycles. The largest absolute Gasteiger partial charge is 0.309 e. The number of ketones is 1. The average Bonchev–Trinajstić information content (AvgIpc) is 3.11. The summed E-state index contributed by atoms with van der Waals surface area (Å²) in [5.41, 5.74) is 0. The van der Waals surface area contributed by atoms with Crippen LogP contribution in [0, 0.1) is 35.0 Å². The summed E-state index contributed by atoms with van der Waals surface area (Å²) in [7, 11) is 0. The summed E-state index contributed by atoms with van der Waals surface area (Å²) in [6, 6.07) is 6.95. The molecule has 2 bridgehead atoms. The second-order valence-electron chi connectivity index (χ2n) is 6.37. The number of carbonyl (C=O) groups is 2. The Morgan fingerprint density at radius 2 is 2.23 bits per heavy atom. The number of carbonyl (C=O) groups excluding carboxylic acids is 2. The van der Waals surface area contributed by atoms with E-state index in [4.69, 9.17) is 0 Å². The highest BCUT2D eigenvalue weighted by atomic mass is 16.2. The molecule has 4 atom stereocenters. The van der Waals surface area contributed by atoms with E-state index in [1.54, 1.807) is 24.4 Å².